The number of rotatable bonds is 2. The first kappa shape index (κ1) is 13.2. The maximum Gasteiger partial charge on any atom is 0.141 e. The predicted octanol–water partition coefficient (Wildman–Crippen LogP) is 5.16. The lowest BCUT2D eigenvalue weighted by Crippen LogP contribution is -1.97. The molecule has 0 atom stereocenters. The van der Waals surface area contributed by atoms with Crippen LogP contribution in [0, 0.1) is 0 Å². The van der Waals surface area contributed by atoms with Crippen molar-refractivity contribution in [2.75, 3.05) is 0 Å². The van der Waals surface area contributed by atoms with E-state index in [4.69, 9.17) is 16.6 Å². The predicted molar refractivity (Wildman–Crippen MR) is 87.8 cm³/mol. The van der Waals surface area contributed by atoms with Crippen LogP contribution in [0.1, 0.15) is 18.9 Å². The second-order valence-electron chi connectivity index (χ2n) is 5.34. The Balaban J connectivity index is 1.99. The van der Waals surface area contributed by atoms with Gasteiger partial charge in [0.2, 0.25) is 0 Å². The van der Waals surface area contributed by atoms with Crippen LogP contribution in [0.5, 0.6) is 5.75 Å². The second-order valence-corrected chi connectivity index (χ2v) is 6.63. The van der Waals surface area contributed by atoms with Gasteiger partial charge in [0.1, 0.15) is 11.6 Å². The Morgan fingerprint density at radius 1 is 1.19 bits per heavy atom. The Morgan fingerprint density at radius 3 is 2.71 bits per heavy atom. The Kier molecular flexibility index (Phi) is 2.98. The summed E-state index contributed by atoms with van der Waals surface area (Å²) in [7, 11) is 0. The molecule has 0 spiro atoms. The summed E-state index contributed by atoms with van der Waals surface area (Å²) in [4.78, 5) is 4.73. The normalized spacial score (nSPS) is 14.8. The van der Waals surface area contributed by atoms with Crippen LogP contribution in [-0.4, -0.2) is 14.7 Å². The molecule has 4 rings (SSSR count). The van der Waals surface area contributed by atoms with Crippen molar-refractivity contribution in [2.45, 2.75) is 18.9 Å². The maximum absolute atomic E-state index is 9.92. The van der Waals surface area contributed by atoms with Crippen molar-refractivity contribution in [1.82, 2.24) is 9.55 Å². The molecule has 1 saturated carbocycles. The van der Waals surface area contributed by atoms with Crippen molar-refractivity contribution in [1.29, 1.82) is 0 Å². The van der Waals surface area contributed by atoms with E-state index in [1.807, 2.05) is 30.3 Å². The summed E-state index contributed by atoms with van der Waals surface area (Å²) < 4.78 is 2.92. The minimum atomic E-state index is 0.222. The molecular weight excluding hydrogens is 352 g/mol. The maximum atomic E-state index is 9.92. The molecule has 1 heterocycles. The first-order valence-electron chi connectivity index (χ1n) is 6.80. The second kappa shape index (κ2) is 4.75. The summed E-state index contributed by atoms with van der Waals surface area (Å²) in [5.41, 5.74) is 2.90. The summed E-state index contributed by atoms with van der Waals surface area (Å²) >= 11 is 9.44. The summed E-state index contributed by atoms with van der Waals surface area (Å²) in [6, 6.07) is 11.8. The van der Waals surface area contributed by atoms with Crippen LogP contribution in [0.4, 0.5) is 0 Å². The number of aromatic nitrogens is 2. The molecule has 2 aromatic carbocycles. The Bertz CT molecular complexity index is 855. The molecule has 0 radical (unpaired) electrons. The number of phenolic OH excluding ortho intramolecular Hbond substituents is 1. The van der Waals surface area contributed by atoms with Crippen LogP contribution in [0.3, 0.4) is 0 Å². The fourth-order valence-electron chi connectivity index (χ4n) is 2.62. The molecule has 106 valence electrons. The van der Waals surface area contributed by atoms with Gasteiger partial charge in [0.05, 0.1) is 15.5 Å². The molecule has 0 amide bonds. The minimum Gasteiger partial charge on any atom is -0.507 e. The number of fused-ring (bicyclic) bond motifs is 1. The number of aromatic hydroxyl groups is 1. The Morgan fingerprint density at radius 2 is 2.00 bits per heavy atom. The van der Waals surface area contributed by atoms with Crippen molar-refractivity contribution in [2.24, 2.45) is 0 Å². The molecule has 21 heavy (non-hydrogen) atoms. The van der Waals surface area contributed by atoms with Crippen LogP contribution in [0.2, 0.25) is 5.02 Å². The minimum absolute atomic E-state index is 0.222. The molecule has 1 N–H and O–H groups in total. The zero-order valence-electron chi connectivity index (χ0n) is 11.1. The largest absolute Gasteiger partial charge is 0.507 e. The summed E-state index contributed by atoms with van der Waals surface area (Å²) in [5.74, 6) is 1.11. The number of hydrogen-bond acceptors (Lipinski definition) is 2. The first-order valence-corrected chi connectivity index (χ1v) is 7.97. The SMILES string of the molecule is Oc1cc(-c2nc3ccc(Cl)cc3n2C2CC2)ccc1Br. The van der Waals surface area contributed by atoms with Crippen molar-refractivity contribution in [3.8, 4) is 17.1 Å². The zero-order valence-corrected chi connectivity index (χ0v) is 13.4. The van der Waals surface area contributed by atoms with E-state index in [0.29, 0.717) is 10.5 Å². The van der Waals surface area contributed by atoms with Gasteiger partial charge in [0, 0.05) is 16.6 Å². The van der Waals surface area contributed by atoms with Crippen molar-refractivity contribution >= 4 is 38.6 Å². The topological polar surface area (TPSA) is 38.1 Å². The van der Waals surface area contributed by atoms with Crippen LogP contribution in [0.15, 0.2) is 40.9 Å². The fourth-order valence-corrected chi connectivity index (χ4v) is 3.04. The van der Waals surface area contributed by atoms with E-state index in [-0.39, 0.29) is 5.75 Å². The zero-order chi connectivity index (χ0) is 14.6. The summed E-state index contributed by atoms with van der Waals surface area (Å²) in [6.45, 7) is 0. The lowest BCUT2D eigenvalue weighted by atomic mass is 10.2. The van der Waals surface area contributed by atoms with Crippen LogP contribution in [-0.2, 0) is 0 Å². The van der Waals surface area contributed by atoms with E-state index < -0.39 is 0 Å². The molecular formula is C16H12BrClN2O. The van der Waals surface area contributed by atoms with Gasteiger partial charge in [0.15, 0.2) is 0 Å². The quantitative estimate of drug-likeness (QED) is 0.683. The smallest absolute Gasteiger partial charge is 0.141 e. The molecule has 0 unspecified atom stereocenters. The molecule has 3 nitrogen and oxygen atoms in total. The van der Waals surface area contributed by atoms with Gasteiger partial charge in [-0.2, -0.15) is 0 Å². The number of nitrogens with zero attached hydrogens (tertiary/aromatic N) is 2. The number of halogens is 2. The number of benzene rings is 2. The monoisotopic (exact) mass is 362 g/mol. The molecule has 0 saturated heterocycles. The fraction of sp³-hybridized carbons (Fsp3) is 0.188. The van der Waals surface area contributed by atoms with Gasteiger partial charge in [-0.1, -0.05) is 11.6 Å². The summed E-state index contributed by atoms with van der Waals surface area (Å²) in [5, 5.41) is 10.6. The number of phenols is 1. The molecule has 5 heteroatoms. The molecule has 3 aromatic rings. The van der Waals surface area contributed by atoms with Gasteiger partial charge in [-0.15, -0.1) is 0 Å². The highest BCUT2D eigenvalue weighted by Gasteiger charge is 2.28. The summed E-state index contributed by atoms with van der Waals surface area (Å²) in [6.07, 6.45) is 2.32. The molecule has 0 bridgehead atoms. The molecule has 1 aliphatic rings. The number of hydrogen-bond donors (Lipinski definition) is 1. The van der Waals surface area contributed by atoms with Gasteiger partial charge < -0.3 is 9.67 Å². The van der Waals surface area contributed by atoms with Gasteiger partial charge in [-0.05, 0) is 65.2 Å². The van der Waals surface area contributed by atoms with Crippen molar-refractivity contribution in [3.05, 3.63) is 45.9 Å². The molecule has 1 aromatic heterocycles. The van der Waals surface area contributed by atoms with E-state index in [9.17, 15) is 5.11 Å². The van der Waals surface area contributed by atoms with E-state index >= 15 is 0 Å². The van der Waals surface area contributed by atoms with Crippen LogP contribution in [0.25, 0.3) is 22.4 Å². The van der Waals surface area contributed by atoms with E-state index in [1.165, 1.54) is 0 Å². The Labute approximate surface area is 135 Å². The highest BCUT2D eigenvalue weighted by molar-refractivity contribution is 9.10. The number of imidazole rings is 1. The van der Waals surface area contributed by atoms with E-state index in [1.54, 1.807) is 6.07 Å². The molecule has 0 aliphatic heterocycles. The van der Waals surface area contributed by atoms with Crippen LogP contribution >= 0.6 is 27.5 Å². The molecule has 1 aliphatic carbocycles. The first-order chi connectivity index (χ1) is 10.1. The lowest BCUT2D eigenvalue weighted by Gasteiger charge is -2.08. The lowest BCUT2D eigenvalue weighted by molar-refractivity contribution is 0.472. The van der Waals surface area contributed by atoms with Gasteiger partial charge >= 0.3 is 0 Å². The van der Waals surface area contributed by atoms with E-state index in [0.717, 1.165) is 40.3 Å². The average Bonchev–Trinajstić information content (AvgIpc) is 3.23. The van der Waals surface area contributed by atoms with Crippen LogP contribution < -0.4 is 0 Å². The Hall–Kier alpha value is -1.52. The van der Waals surface area contributed by atoms with Crippen molar-refractivity contribution in [3.63, 3.8) is 0 Å². The standard InChI is InChI=1S/C16H12BrClN2O/c17-12-5-1-9(7-15(12)21)16-19-13-6-2-10(18)8-14(13)20(16)11-3-4-11/h1-2,5-8,11,21H,3-4H2. The van der Waals surface area contributed by atoms with Gasteiger partial charge in [0.25, 0.3) is 0 Å². The average molecular weight is 364 g/mol. The van der Waals surface area contributed by atoms with Gasteiger partial charge in [-0.25, -0.2) is 4.98 Å². The third-order valence-corrected chi connectivity index (χ3v) is 4.67. The third kappa shape index (κ3) is 2.23. The highest BCUT2D eigenvalue weighted by atomic mass is 79.9. The highest BCUT2D eigenvalue weighted by Crippen LogP contribution is 2.42. The van der Waals surface area contributed by atoms with Crippen molar-refractivity contribution < 1.29 is 5.11 Å². The van der Waals surface area contributed by atoms with E-state index in [2.05, 4.69) is 20.5 Å². The van der Waals surface area contributed by atoms with Gasteiger partial charge in [-0.3, -0.25) is 0 Å². The molecule has 1 fully saturated rings. The third-order valence-electron chi connectivity index (χ3n) is 3.77.